The standard InChI is InChI=1S/C12H25N3/c1-12(2,3)10-6-8-15(9-10)7-4-5-11(13)14/h10H,4-9H2,1-3H3,(H3,13,14). The first-order chi connectivity index (χ1) is 6.89. The lowest BCUT2D eigenvalue weighted by Crippen LogP contribution is -2.27. The van der Waals surface area contributed by atoms with Crippen LogP contribution in [0.5, 0.6) is 0 Å². The van der Waals surface area contributed by atoms with E-state index < -0.39 is 0 Å². The first-order valence-electron chi connectivity index (χ1n) is 5.95. The van der Waals surface area contributed by atoms with Crippen molar-refractivity contribution in [1.82, 2.24) is 4.90 Å². The summed E-state index contributed by atoms with van der Waals surface area (Å²) in [5, 5.41) is 7.17. The van der Waals surface area contributed by atoms with Gasteiger partial charge in [0, 0.05) is 13.0 Å². The van der Waals surface area contributed by atoms with Crippen molar-refractivity contribution in [2.24, 2.45) is 17.1 Å². The van der Waals surface area contributed by atoms with Gasteiger partial charge in [-0.15, -0.1) is 0 Å². The molecule has 88 valence electrons. The molecule has 1 heterocycles. The van der Waals surface area contributed by atoms with E-state index in [9.17, 15) is 0 Å². The minimum Gasteiger partial charge on any atom is -0.388 e. The minimum atomic E-state index is 0.321. The number of amidine groups is 1. The zero-order valence-corrected chi connectivity index (χ0v) is 10.3. The van der Waals surface area contributed by atoms with Crippen LogP contribution in [-0.2, 0) is 0 Å². The molecule has 1 rings (SSSR count). The van der Waals surface area contributed by atoms with E-state index in [-0.39, 0.29) is 0 Å². The summed E-state index contributed by atoms with van der Waals surface area (Å²) in [6.45, 7) is 10.5. The van der Waals surface area contributed by atoms with E-state index in [2.05, 4.69) is 25.7 Å². The van der Waals surface area contributed by atoms with Gasteiger partial charge in [-0.1, -0.05) is 20.8 Å². The topological polar surface area (TPSA) is 53.1 Å². The second kappa shape index (κ2) is 4.97. The van der Waals surface area contributed by atoms with Gasteiger partial charge in [-0.25, -0.2) is 0 Å². The molecule has 1 saturated heterocycles. The molecule has 0 aromatic heterocycles. The Labute approximate surface area is 93.5 Å². The quantitative estimate of drug-likeness (QED) is 0.552. The van der Waals surface area contributed by atoms with E-state index in [0.717, 1.165) is 25.3 Å². The van der Waals surface area contributed by atoms with Crippen molar-refractivity contribution in [3.05, 3.63) is 0 Å². The molecular weight excluding hydrogens is 186 g/mol. The Balaban J connectivity index is 2.22. The van der Waals surface area contributed by atoms with Crippen LogP contribution >= 0.6 is 0 Å². The molecule has 0 aliphatic carbocycles. The predicted octanol–water partition coefficient (Wildman–Crippen LogP) is 2.07. The van der Waals surface area contributed by atoms with Crippen LogP contribution in [0.25, 0.3) is 0 Å². The van der Waals surface area contributed by atoms with E-state index in [1.54, 1.807) is 0 Å². The Morgan fingerprint density at radius 1 is 1.47 bits per heavy atom. The van der Waals surface area contributed by atoms with Crippen molar-refractivity contribution in [2.45, 2.75) is 40.0 Å². The molecule has 0 aromatic carbocycles. The summed E-state index contributed by atoms with van der Waals surface area (Å²) in [4.78, 5) is 2.51. The number of nitrogens with two attached hydrogens (primary N) is 1. The molecular formula is C12H25N3. The van der Waals surface area contributed by atoms with Gasteiger partial charge in [-0.2, -0.15) is 0 Å². The van der Waals surface area contributed by atoms with Gasteiger partial charge in [0.2, 0.25) is 0 Å². The summed E-state index contributed by atoms with van der Waals surface area (Å²) < 4.78 is 0. The summed E-state index contributed by atoms with van der Waals surface area (Å²) >= 11 is 0. The number of likely N-dealkylation sites (tertiary alicyclic amines) is 1. The third-order valence-corrected chi connectivity index (χ3v) is 3.42. The van der Waals surface area contributed by atoms with Crippen LogP contribution in [0.2, 0.25) is 0 Å². The fraction of sp³-hybridized carbons (Fsp3) is 0.917. The van der Waals surface area contributed by atoms with Crippen molar-refractivity contribution in [3.63, 3.8) is 0 Å². The molecule has 0 saturated carbocycles. The molecule has 1 aliphatic rings. The molecule has 15 heavy (non-hydrogen) atoms. The molecule has 0 spiro atoms. The van der Waals surface area contributed by atoms with Crippen LogP contribution in [0.1, 0.15) is 40.0 Å². The Bertz CT molecular complexity index is 217. The lowest BCUT2D eigenvalue weighted by molar-refractivity contribution is 0.229. The number of hydrogen-bond acceptors (Lipinski definition) is 2. The zero-order valence-electron chi connectivity index (χ0n) is 10.3. The van der Waals surface area contributed by atoms with Crippen molar-refractivity contribution in [3.8, 4) is 0 Å². The lowest BCUT2D eigenvalue weighted by Gasteiger charge is -2.27. The molecule has 1 aliphatic heterocycles. The van der Waals surface area contributed by atoms with E-state index in [1.807, 2.05) is 0 Å². The van der Waals surface area contributed by atoms with Gasteiger partial charge in [0.15, 0.2) is 0 Å². The van der Waals surface area contributed by atoms with E-state index in [0.29, 0.717) is 11.3 Å². The van der Waals surface area contributed by atoms with Gasteiger partial charge in [0.25, 0.3) is 0 Å². The normalized spacial score (nSPS) is 23.3. The fourth-order valence-corrected chi connectivity index (χ4v) is 2.24. The highest BCUT2D eigenvalue weighted by atomic mass is 15.1. The average Bonchev–Trinajstić information content (AvgIpc) is 2.51. The number of rotatable bonds is 4. The van der Waals surface area contributed by atoms with E-state index in [1.165, 1.54) is 19.5 Å². The van der Waals surface area contributed by atoms with Gasteiger partial charge in [-0.3, -0.25) is 5.41 Å². The maximum absolute atomic E-state index is 7.17. The summed E-state index contributed by atoms with van der Waals surface area (Å²) in [6.07, 6.45) is 3.10. The summed E-state index contributed by atoms with van der Waals surface area (Å²) in [6, 6.07) is 0. The number of nitrogens with one attached hydrogen (secondary N) is 1. The van der Waals surface area contributed by atoms with E-state index in [4.69, 9.17) is 11.1 Å². The summed E-state index contributed by atoms with van der Waals surface area (Å²) in [5.41, 5.74) is 5.78. The molecule has 3 N–H and O–H groups in total. The highest BCUT2D eigenvalue weighted by molar-refractivity contribution is 5.76. The molecule has 0 radical (unpaired) electrons. The highest BCUT2D eigenvalue weighted by Gasteiger charge is 2.31. The summed E-state index contributed by atoms with van der Waals surface area (Å²) in [5.74, 6) is 1.15. The third kappa shape index (κ3) is 4.20. The third-order valence-electron chi connectivity index (χ3n) is 3.42. The maximum atomic E-state index is 7.17. The molecule has 1 unspecified atom stereocenters. The minimum absolute atomic E-state index is 0.321. The van der Waals surface area contributed by atoms with Crippen LogP contribution in [0, 0.1) is 16.7 Å². The van der Waals surface area contributed by atoms with Crippen LogP contribution in [0.15, 0.2) is 0 Å². The SMILES string of the molecule is CC(C)(C)C1CCN(CCCC(=N)N)C1. The Morgan fingerprint density at radius 2 is 2.13 bits per heavy atom. The molecule has 1 fully saturated rings. The molecule has 0 aromatic rings. The van der Waals surface area contributed by atoms with Gasteiger partial charge < -0.3 is 10.6 Å². The van der Waals surface area contributed by atoms with Crippen molar-refractivity contribution in [2.75, 3.05) is 19.6 Å². The highest BCUT2D eigenvalue weighted by Crippen LogP contribution is 2.33. The number of nitrogens with zero attached hydrogens (tertiary/aromatic N) is 1. The lowest BCUT2D eigenvalue weighted by atomic mass is 9.80. The zero-order chi connectivity index (χ0) is 11.5. The van der Waals surface area contributed by atoms with Crippen LogP contribution < -0.4 is 5.73 Å². The van der Waals surface area contributed by atoms with Crippen molar-refractivity contribution < 1.29 is 0 Å². The smallest absolute Gasteiger partial charge is 0.0905 e. The Kier molecular flexibility index (Phi) is 4.14. The molecule has 0 bridgehead atoms. The average molecular weight is 211 g/mol. The van der Waals surface area contributed by atoms with E-state index >= 15 is 0 Å². The van der Waals surface area contributed by atoms with Crippen molar-refractivity contribution >= 4 is 5.84 Å². The number of hydrogen-bond donors (Lipinski definition) is 2. The van der Waals surface area contributed by atoms with Gasteiger partial charge >= 0.3 is 0 Å². The van der Waals surface area contributed by atoms with Gasteiger partial charge in [0.1, 0.15) is 0 Å². The largest absolute Gasteiger partial charge is 0.388 e. The second-order valence-electron chi connectivity index (χ2n) is 5.78. The molecule has 0 amide bonds. The van der Waals surface area contributed by atoms with Crippen molar-refractivity contribution in [1.29, 1.82) is 5.41 Å². The van der Waals surface area contributed by atoms with Crippen LogP contribution in [-0.4, -0.2) is 30.4 Å². The summed E-state index contributed by atoms with van der Waals surface area (Å²) in [7, 11) is 0. The monoisotopic (exact) mass is 211 g/mol. The molecule has 3 heteroatoms. The molecule has 1 atom stereocenters. The maximum Gasteiger partial charge on any atom is 0.0905 e. The second-order valence-corrected chi connectivity index (χ2v) is 5.78. The van der Waals surface area contributed by atoms with Gasteiger partial charge in [-0.05, 0) is 37.3 Å². The Morgan fingerprint density at radius 3 is 2.60 bits per heavy atom. The molecule has 3 nitrogen and oxygen atoms in total. The first-order valence-corrected chi connectivity index (χ1v) is 5.95. The van der Waals surface area contributed by atoms with Crippen LogP contribution in [0.3, 0.4) is 0 Å². The van der Waals surface area contributed by atoms with Gasteiger partial charge in [0.05, 0.1) is 5.84 Å². The Hall–Kier alpha value is -0.570. The fourth-order valence-electron chi connectivity index (χ4n) is 2.24. The van der Waals surface area contributed by atoms with Crippen LogP contribution in [0.4, 0.5) is 0 Å². The first kappa shape index (κ1) is 12.5. The predicted molar refractivity (Wildman–Crippen MR) is 65.2 cm³/mol.